The van der Waals surface area contributed by atoms with Crippen molar-refractivity contribution in [3.63, 3.8) is 0 Å². The van der Waals surface area contributed by atoms with Gasteiger partial charge in [0, 0.05) is 43.0 Å². The lowest BCUT2D eigenvalue weighted by molar-refractivity contribution is 0.0953. The lowest BCUT2D eigenvalue weighted by atomic mass is 10.2. The van der Waals surface area contributed by atoms with Crippen molar-refractivity contribution in [1.82, 2.24) is 19.7 Å². The van der Waals surface area contributed by atoms with Crippen molar-refractivity contribution in [2.24, 2.45) is 0 Å². The maximum Gasteiger partial charge on any atom is 0.252 e. The van der Waals surface area contributed by atoms with Crippen LogP contribution in [0, 0.1) is 0 Å². The SMILES string of the molecule is CCc1nc2ccc(C(=O)NCCc3ccccn3)cn2c1N(C)Cc1cccs1. The van der Waals surface area contributed by atoms with Crippen molar-refractivity contribution in [3.05, 3.63) is 82.1 Å². The Balaban J connectivity index is 1.54. The largest absolute Gasteiger partial charge is 0.354 e. The van der Waals surface area contributed by atoms with Crippen LogP contribution in [0.25, 0.3) is 5.65 Å². The third-order valence-corrected chi connectivity index (χ3v) is 5.85. The van der Waals surface area contributed by atoms with E-state index in [4.69, 9.17) is 4.98 Å². The van der Waals surface area contributed by atoms with Gasteiger partial charge in [-0.2, -0.15) is 0 Å². The Morgan fingerprint density at radius 1 is 1.20 bits per heavy atom. The summed E-state index contributed by atoms with van der Waals surface area (Å²) in [5.41, 5.74) is 3.47. The molecule has 0 atom stereocenters. The van der Waals surface area contributed by atoms with Crippen LogP contribution in [0.4, 0.5) is 5.82 Å². The quantitative estimate of drug-likeness (QED) is 0.470. The Kier molecular flexibility index (Phi) is 6.09. The maximum absolute atomic E-state index is 12.7. The molecule has 0 fully saturated rings. The summed E-state index contributed by atoms with van der Waals surface area (Å²) < 4.78 is 2.03. The van der Waals surface area contributed by atoms with Gasteiger partial charge in [0.05, 0.1) is 17.8 Å². The number of hydrogen-bond donors (Lipinski definition) is 1. The second-order valence-electron chi connectivity index (χ2n) is 7.14. The number of pyridine rings is 2. The summed E-state index contributed by atoms with van der Waals surface area (Å²) in [7, 11) is 2.07. The molecular weight excluding hydrogens is 394 g/mol. The van der Waals surface area contributed by atoms with Crippen LogP contribution in [0.1, 0.15) is 33.5 Å². The van der Waals surface area contributed by atoms with Gasteiger partial charge in [-0.25, -0.2) is 4.98 Å². The van der Waals surface area contributed by atoms with E-state index in [1.807, 2.05) is 40.9 Å². The highest BCUT2D eigenvalue weighted by Crippen LogP contribution is 2.25. The van der Waals surface area contributed by atoms with Crippen LogP contribution < -0.4 is 10.2 Å². The molecule has 154 valence electrons. The standard InChI is InChI=1S/C23H25N5OS/c1-3-20-23(27(2)16-19-8-6-14-30-19)28-15-17(9-10-21(28)26-20)22(29)25-13-11-18-7-4-5-12-24-18/h4-10,12,14-15H,3,11,13,16H2,1-2H3,(H,25,29). The number of carbonyl (C=O) groups is 1. The minimum atomic E-state index is -0.0913. The predicted molar refractivity (Wildman–Crippen MR) is 121 cm³/mol. The summed E-state index contributed by atoms with van der Waals surface area (Å²) in [6.45, 7) is 3.46. The molecule has 4 aromatic heterocycles. The first-order valence-corrected chi connectivity index (χ1v) is 11.0. The Morgan fingerprint density at radius 2 is 2.10 bits per heavy atom. The molecule has 0 aliphatic carbocycles. The second-order valence-corrected chi connectivity index (χ2v) is 8.18. The molecule has 0 radical (unpaired) electrons. The van der Waals surface area contributed by atoms with E-state index in [0.29, 0.717) is 18.5 Å². The molecule has 0 spiro atoms. The number of aryl methyl sites for hydroxylation is 1. The highest BCUT2D eigenvalue weighted by molar-refractivity contribution is 7.09. The molecule has 30 heavy (non-hydrogen) atoms. The Labute approximate surface area is 180 Å². The molecule has 0 aromatic carbocycles. The fourth-order valence-electron chi connectivity index (χ4n) is 3.52. The number of imidazole rings is 1. The van der Waals surface area contributed by atoms with E-state index >= 15 is 0 Å². The average Bonchev–Trinajstić information content (AvgIpc) is 3.41. The van der Waals surface area contributed by atoms with Gasteiger partial charge in [0.25, 0.3) is 5.91 Å². The normalized spacial score (nSPS) is 11.0. The minimum Gasteiger partial charge on any atom is -0.354 e. The van der Waals surface area contributed by atoms with Crippen LogP contribution in [-0.4, -0.2) is 33.9 Å². The summed E-state index contributed by atoms with van der Waals surface area (Å²) >= 11 is 1.74. The van der Waals surface area contributed by atoms with Crippen molar-refractivity contribution in [2.45, 2.75) is 26.3 Å². The molecule has 0 aliphatic heterocycles. The zero-order valence-corrected chi connectivity index (χ0v) is 18.0. The number of thiophene rings is 1. The fraction of sp³-hybridized carbons (Fsp3) is 0.261. The number of nitrogens with one attached hydrogen (secondary N) is 1. The number of amides is 1. The Hall–Kier alpha value is -3.19. The summed E-state index contributed by atoms with van der Waals surface area (Å²) in [4.78, 5) is 25.3. The fourth-order valence-corrected chi connectivity index (χ4v) is 4.28. The van der Waals surface area contributed by atoms with Crippen molar-refractivity contribution >= 4 is 28.7 Å². The van der Waals surface area contributed by atoms with E-state index in [9.17, 15) is 4.79 Å². The van der Waals surface area contributed by atoms with Gasteiger partial charge in [-0.15, -0.1) is 11.3 Å². The molecule has 1 amide bonds. The van der Waals surface area contributed by atoms with Crippen molar-refractivity contribution in [1.29, 1.82) is 0 Å². The van der Waals surface area contributed by atoms with Crippen LogP contribution in [0.3, 0.4) is 0 Å². The van der Waals surface area contributed by atoms with Crippen molar-refractivity contribution < 1.29 is 4.79 Å². The first-order valence-electron chi connectivity index (χ1n) is 10.1. The molecule has 7 heteroatoms. The molecule has 0 saturated heterocycles. The highest BCUT2D eigenvalue weighted by atomic mass is 32.1. The molecule has 4 aromatic rings. The number of fused-ring (bicyclic) bond motifs is 1. The zero-order valence-electron chi connectivity index (χ0n) is 17.2. The highest BCUT2D eigenvalue weighted by Gasteiger charge is 2.17. The maximum atomic E-state index is 12.7. The van der Waals surface area contributed by atoms with E-state index in [0.717, 1.165) is 35.8 Å². The van der Waals surface area contributed by atoms with Gasteiger partial charge in [-0.05, 0) is 42.1 Å². The molecule has 1 N–H and O–H groups in total. The van der Waals surface area contributed by atoms with Gasteiger partial charge in [-0.1, -0.05) is 19.1 Å². The summed E-state index contributed by atoms with van der Waals surface area (Å²) in [6, 6.07) is 13.8. The number of nitrogens with zero attached hydrogens (tertiary/aromatic N) is 4. The number of hydrogen-bond acceptors (Lipinski definition) is 5. The van der Waals surface area contributed by atoms with Crippen LogP contribution >= 0.6 is 11.3 Å². The number of aromatic nitrogens is 3. The van der Waals surface area contributed by atoms with Gasteiger partial charge in [0.15, 0.2) is 0 Å². The van der Waals surface area contributed by atoms with E-state index in [1.165, 1.54) is 4.88 Å². The van der Waals surface area contributed by atoms with Crippen LogP contribution in [0.2, 0.25) is 0 Å². The first kappa shape index (κ1) is 20.1. The summed E-state index contributed by atoms with van der Waals surface area (Å²) in [5.74, 6) is 0.940. The third kappa shape index (κ3) is 4.36. The predicted octanol–water partition coefficient (Wildman–Crippen LogP) is 3.96. The first-order chi connectivity index (χ1) is 14.7. The molecule has 0 aliphatic rings. The van der Waals surface area contributed by atoms with Gasteiger partial charge >= 0.3 is 0 Å². The lowest BCUT2D eigenvalue weighted by Crippen LogP contribution is -2.26. The molecule has 6 nitrogen and oxygen atoms in total. The second kappa shape index (κ2) is 9.09. The molecule has 4 heterocycles. The number of rotatable bonds is 8. The Bertz CT molecular complexity index is 1120. The van der Waals surface area contributed by atoms with Gasteiger partial charge in [0.1, 0.15) is 11.5 Å². The monoisotopic (exact) mass is 419 g/mol. The molecular formula is C23H25N5OS. The van der Waals surface area contributed by atoms with Crippen LogP contribution in [-0.2, 0) is 19.4 Å². The average molecular weight is 420 g/mol. The van der Waals surface area contributed by atoms with E-state index in [1.54, 1.807) is 17.5 Å². The number of carbonyl (C=O) groups excluding carboxylic acids is 1. The van der Waals surface area contributed by atoms with Crippen molar-refractivity contribution in [3.8, 4) is 0 Å². The molecule has 0 unspecified atom stereocenters. The van der Waals surface area contributed by atoms with Gasteiger partial charge in [0.2, 0.25) is 0 Å². The van der Waals surface area contributed by atoms with Crippen molar-refractivity contribution in [2.75, 3.05) is 18.5 Å². The lowest BCUT2D eigenvalue weighted by Gasteiger charge is -2.19. The van der Waals surface area contributed by atoms with E-state index < -0.39 is 0 Å². The smallest absolute Gasteiger partial charge is 0.252 e. The summed E-state index contributed by atoms with van der Waals surface area (Å²) in [6.07, 6.45) is 5.19. The van der Waals surface area contributed by atoms with Crippen LogP contribution in [0.5, 0.6) is 0 Å². The van der Waals surface area contributed by atoms with E-state index in [-0.39, 0.29) is 5.91 Å². The Morgan fingerprint density at radius 3 is 2.83 bits per heavy atom. The molecule has 0 saturated carbocycles. The third-order valence-electron chi connectivity index (χ3n) is 4.99. The summed E-state index contributed by atoms with van der Waals surface area (Å²) in [5, 5.41) is 5.08. The van der Waals surface area contributed by atoms with Gasteiger partial charge in [-0.3, -0.25) is 14.2 Å². The van der Waals surface area contributed by atoms with Crippen LogP contribution in [0.15, 0.2) is 60.2 Å². The number of anilines is 1. The zero-order chi connectivity index (χ0) is 20.9. The molecule has 4 rings (SSSR count). The van der Waals surface area contributed by atoms with Gasteiger partial charge < -0.3 is 10.2 Å². The van der Waals surface area contributed by atoms with E-state index in [2.05, 4.69) is 46.7 Å². The minimum absolute atomic E-state index is 0.0913. The molecule has 0 bridgehead atoms. The topological polar surface area (TPSA) is 62.5 Å².